The molecule has 138 valence electrons. The molecule has 6 heteroatoms. The molecule has 0 aliphatic rings. The minimum atomic E-state index is -0.992. The van der Waals surface area contributed by atoms with Crippen LogP contribution in [-0.4, -0.2) is 40.5 Å². The van der Waals surface area contributed by atoms with Crippen LogP contribution in [0.5, 0.6) is 5.75 Å². The van der Waals surface area contributed by atoms with Gasteiger partial charge >= 0.3 is 5.97 Å². The summed E-state index contributed by atoms with van der Waals surface area (Å²) in [6.45, 7) is 4.07. The van der Waals surface area contributed by atoms with E-state index in [0.29, 0.717) is 23.1 Å². The second-order valence-electron chi connectivity index (χ2n) is 6.66. The molecule has 0 atom stereocenters. The Morgan fingerprint density at radius 2 is 1.89 bits per heavy atom. The predicted octanol–water partition coefficient (Wildman–Crippen LogP) is 3.96. The van der Waals surface area contributed by atoms with Crippen molar-refractivity contribution in [1.82, 2.24) is 4.98 Å². The molecule has 2 N–H and O–H groups in total. The lowest BCUT2D eigenvalue weighted by atomic mass is 10.0. The number of nitrogens with zero attached hydrogens (tertiary/aromatic N) is 2. The number of carboxylic acid groups (broad SMARTS) is 1. The van der Waals surface area contributed by atoms with E-state index in [1.807, 2.05) is 31.9 Å². The fourth-order valence-electron chi connectivity index (χ4n) is 2.85. The molecule has 27 heavy (non-hydrogen) atoms. The van der Waals surface area contributed by atoms with Crippen molar-refractivity contribution in [2.24, 2.45) is 0 Å². The first-order chi connectivity index (χ1) is 12.8. The van der Waals surface area contributed by atoms with Crippen LogP contribution >= 0.6 is 0 Å². The smallest absolute Gasteiger partial charge is 0.335 e. The van der Waals surface area contributed by atoms with E-state index >= 15 is 0 Å². The fraction of sp³-hybridized carbons (Fsp3) is 0.190. The molecule has 0 aliphatic carbocycles. The van der Waals surface area contributed by atoms with Crippen molar-refractivity contribution >= 4 is 28.8 Å². The van der Waals surface area contributed by atoms with E-state index in [9.17, 15) is 19.8 Å². The number of pyridine rings is 1. The molecule has 0 aliphatic heterocycles. The lowest BCUT2D eigenvalue weighted by Crippen LogP contribution is -2.26. The number of anilines is 1. The quantitative estimate of drug-likeness (QED) is 0.666. The number of hydrogen-bond acceptors (Lipinski definition) is 5. The number of carboxylic acids is 1. The van der Waals surface area contributed by atoms with Gasteiger partial charge in [0.05, 0.1) is 28.0 Å². The molecule has 2 aromatic carbocycles. The molecule has 0 saturated heterocycles. The zero-order valence-electron chi connectivity index (χ0n) is 15.3. The highest BCUT2D eigenvalue weighted by molar-refractivity contribution is 5.96. The van der Waals surface area contributed by atoms with Crippen molar-refractivity contribution in [2.45, 2.75) is 19.9 Å². The number of carbonyl (C=O) groups is 2. The molecule has 1 heterocycles. The summed E-state index contributed by atoms with van der Waals surface area (Å²) < 4.78 is 0. The number of hydrogen-bond donors (Lipinski definition) is 2. The molecule has 0 unspecified atom stereocenters. The summed E-state index contributed by atoms with van der Waals surface area (Å²) in [4.78, 5) is 29.2. The maximum absolute atomic E-state index is 11.3. The lowest BCUT2D eigenvalue weighted by Gasteiger charge is -2.26. The number of aldehydes is 1. The minimum Gasteiger partial charge on any atom is -0.507 e. The van der Waals surface area contributed by atoms with Gasteiger partial charge in [0.25, 0.3) is 0 Å². The maximum atomic E-state index is 11.3. The third-order valence-electron chi connectivity index (χ3n) is 4.62. The van der Waals surface area contributed by atoms with E-state index in [0.717, 1.165) is 11.1 Å². The zero-order chi connectivity index (χ0) is 19.7. The molecule has 0 saturated carbocycles. The molecular weight excluding hydrogens is 344 g/mol. The van der Waals surface area contributed by atoms with Crippen LogP contribution in [0.4, 0.5) is 5.69 Å². The zero-order valence-corrected chi connectivity index (χ0v) is 15.3. The number of phenols is 1. The van der Waals surface area contributed by atoms with Gasteiger partial charge in [-0.2, -0.15) is 0 Å². The van der Waals surface area contributed by atoms with Gasteiger partial charge in [0.2, 0.25) is 0 Å². The minimum absolute atomic E-state index is 0.0839. The Morgan fingerprint density at radius 1 is 1.15 bits per heavy atom. The van der Waals surface area contributed by atoms with E-state index in [1.165, 1.54) is 12.1 Å². The van der Waals surface area contributed by atoms with Crippen molar-refractivity contribution in [1.29, 1.82) is 0 Å². The van der Waals surface area contributed by atoms with Crippen LogP contribution in [0, 0.1) is 0 Å². The Bertz CT molecular complexity index is 1040. The molecule has 0 radical (unpaired) electrons. The van der Waals surface area contributed by atoms with Crippen LogP contribution in [0.1, 0.15) is 34.6 Å². The van der Waals surface area contributed by atoms with Crippen molar-refractivity contribution in [3.63, 3.8) is 0 Å². The number of rotatable bonds is 5. The van der Waals surface area contributed by atoms with Gasteiger partial charge in [-0.1, -0.05) is 0 Å². The topological polar surface area (TPSA) is 90.7 Å². The second kappa shape index (κ2) is 7.07. The summed E-state index contributed by atoms with van der Waals surface area (Å²) in [6.07, 6.45) is 0.602. The van der Waals surface area contributed by atoms with Gasteiger partial charge in [0.1, 0.15) is 5.75 Å². The molecule has 3 rings (SSSR count). The molecule has 0 bridgehead atoms. The number of aromatic nitrogens is 1. The summed E-state index contributed by atoms with van der Waals surface area (Å²) in [5.41, 5.74) is 3.20. The number of aromatic carboxylic acids is 1. The number of aromatic hydroxyl groups is 1. The van der Waals surface area contributed by atoms with Crippen LogP contribution in [0.2, 0.25) is 0 Å². The van der Waals surface area contributed by atoms with E-state index in [2.05, 4.69) is 0 Å². The normalized spacial score (nSPS) is 11.0. The number of phenolic OH excluding ortho intramolecular Hbond substituents is 1. The van der Waals surface area contributed by atoms with Crippen LogP contribution < -0.4 is 4.90 Å². The monoisotopic (exact) mass is 364 g/mol. The van der Waals surface area contributed by atoms with Crippen LogP contribution in [-0.2, 0) is 0 Å². The van der Waals surface area contributed by atoms with Gasteiger partial charge in [-0.15, -0.1) is 0 Å². The number of fused-ring (bicyclic) bond motifs is 1. The van der Waals surface area contributed by atoms with Gasteiger partial charge in [-0.05, 0) is 56.3 Å². The van der Waals surface area contributed by atoms with E-state index in [4.69, 9.17) is 4.98 Å². The number of benzene rings is 2. The third-order valence-corrected chi connectivity index (χ3v) is 4.62. The lowest BCUT2D eigenvalue weighted by molar-refractivity contribution is 0.0697. The molecule has 1 aromatic heterocycles. The van der Waals surface area contributed by atoms with Gasteiger partial charge in [-0.3, -0.25) is 4.79 Å². The van der Waals surface area contributed by atoms with Crippen LogP contribution in [0.15, 0.2) is 42.5 Å². The van der Waals surface area contributed by atoms with Gasteiger partial charge in [-0.25, -0.2) is 9.78 Å². The van der Waals surface area contributed by atoms with Gasteiger partial charge < -0.3 is 15.1 Å². The summed E-state index contributed by atoms with van der Waals surface area (Å²) in [6, 6.07) is 11.6. The Balaban J connectivity index is 2.29. The van der Waals surface area contributed by atoms with Gasteiger partial charge in [0.15, 0.2) is 6.29 Å². The average molecular weight is 364 g/mol. The average Bonchev–Trinajstić information content (AvgIpc) is 2.66. The molecule has 0 fully saturated rings. The first kappa shape index (κ1) is 18.4. The van der Waals surface area contributed by atoms with E-state index in [1.54, 1.807) is 24.3 Å². The Hall–Kier alpha value is -3.41. The van der Waals surface area contributed by atoms with Gasteiger partial charge in [0, 0.05) is 24.0 Å². The van der Waals surface area contributed by atoms with Crippen LogP contribution in [0.25, 0.3) is 22.2 Å². The van der Waals surface area contributed by atoms with Crippen molar-refractivity contribution < 1.29 is 19.8 Å². The third kappa shape index (κ3) is 3.46. The Labute approximate surface area is 156 Å². The van der Waals surface area contributed by atoms with E-state index < -0.39 is 5.97 Å². The molecule has 3 aromatic rings. The molecule has 0 amide bonds. The Kier molecular flexibility index (Phi) is 4.81. The number of carbonyl (C=O) groups excluding carboxylic acids is 1. The summed E-state index contributed by atoms with van der Waals surface area (Å²) in [7, 11) is 1.93. The van der Waals surface area contributed by atoms with Crippen molar-refractivity contribution in [3.05, 3.63) is 53.6 Å². The second-order valence-corrected chi connectivity index (χ2v) is 6.66. The Morgan fingerprint density at radius 3 is 2.52 bits per heavy atom. The molecule has 6 nitrogen and oxygen atoms in total. The van der Waals surface area contributed by atoms with Crippen molar-refractivity contribution in [3.8, 4) is 17.0 Å². The summed E-state index contributed by atoms with van der Waals surface area (Å²) in [5.74, 6) is -1.08. The van der Waals surface area contributed by atoms with Crippen molar-refractivity contribution in [2.75, 3.05) is 11.9 Å². The van der Waals surface area contributed by atoms with Crippen LogP contribution in [0.3, 0.4) is 0 Å². The highest BCUT2D eigenvalue weighted by Gasteiger charge is 2.17. The molecular formula is C21H20N2O4. The van der Waals surface area contributed by atoms with E-state index in [-0.39, 0.29) is 22.9 Å². The fourth-order valence-corrected chi connectivity index (χ4v) is 2.85. The SMILES string of the molecule is CC(C)N(C)c1cc2cc(C(=O)O)ccc2nc1-c1ccc(O)c(C=O)c1. The first-order valence-corrected chi connectivity index (χ1v) is 8.51. The summed E-state index contributed by atoms with van der Waals surface area (Å²) in [5, 5.41) is 19.7. The molecule has 0 spiro atoms. The highest BCUT2D eigenvalue weighted by atomic mass is 16.4. The standard InChI is InChI=1S/C21H20N2O4/c1-12(2)23(3)18-10-15-9-14(21(26)27)4-6-17(15)22-20(18)13-5-7-19(25)16(8-13)11-24/h4-12,25H,1-3H3,(H,26,27). The predicted molar refractivity (Wildman–Crippen MR) is 105 cm³/mol. The highest BCUT2D eigenvalue weighted by Crippen LogP contribution is 2.34. The first-order valence-electron chi connectivity index (χ1n) is 8.51. The maximum Gasteiger partial charge on any atom is 0.335 e. The largest absolute Gasteiger partial charge is 0.507 e. The summed E-state index contributed by atoms with van der Waals surface area (Å²) >= 11 is 0.